The third kappa shape index (κ3) is 5.18. The van der Waals surface area contributed by atoms with E-state index < -0.39 is 22.8 Å². The molecule has 4 rings (SSSR count). The van der Waals surface area contributed by atoms with E-state index in [9.17, 15) is 21.6 Å². The highest BCUT2D eigenvalue weighted by molar-refractivity contribution is 7.89. The lowest BCUT2D eigenvalue weighted by Gasteiger charge is -2.25. The molecule has 0 radical (unpaired) electrons. The number of ether oxygens (including phenoxy) is 2. The summed E-state index contributed by atoms with van der Waals surface area (Å²) in [5.41, 5.74) is 0.551. The van der Waals surface area contributed by atoms with Crippen LogP contribution in [0.25, 0.3) is 0 Å². The molecule has 0 bridgehead atoms. The Morgan fingerprint density at radius 3 is 2.78 bits per heavy atom. The lowest BCUT2D eigenvalue weighted by Crippen LogP contribution is -2.35. The van der Waals surface area contributed by atoms with Gasteiger partial charge in [0.15, 0.2) is 11.6 Å². The predicted molar refractivity (Wildman–Crippen MR) is 110 cm³/mol. The van der Waals surface area contributed by atoms with Crippen LogP contribution in [0.15, 0.2) is 41.8 Å². The van der Waals surface area contributed by atoms with Gasteiger partial charge in [-0.25, -0.2) is 13.4 Å². The van der Waals surface area contributed by atoms with Gasteiger partial charge in [0.1, 0.15) is 5.75 Å². The average molecular weight is 475 g/mol. The molecule has 2 fully saturated rings. The fourth-order valence-electron chi connectivity index (χ4n) is 4.17. The van der Waals surface area contributed by atoms with E-state index in [1.807, 2.05) is 0 Å². The SMILES string of the molecule is Cn1cnc(S(=O)(=O)N2C[C@H](Nc3cccc(OCC(F)(F)F)c3)[C@@H](C3CCCO3)C2)c1. The number of halogens is 3. The van der Waals surface area contributed by atoms with Gasteiger partial charge >= 0.3 is 6.18 Å². The van der Waals surface area contributed by atoms with Crippen LogP contribution in [0.3, 0.4) is 0 Å². The third-order valence-corrected chi connectivity index (χ3v) is 7.37. The predicted octanol–water partition coefficient (Wildman–Crippen LogP) is 2.64. The lowest BCUT2D eigenvalue weighted by atomic mass is 9.94. The number of imidazole rings is 1. The van der Waals surface area contributed by atoms with Crippen LogP contribution in [-0.2, 0) is 21.8 Å². The van der Waals surface area contributed by atoms with Crippen molar-refractivity contribution in [3.05, 3.63) is 36.8 Å². The van der Waals surface area contributed by atoms with Crippen LogP contribution in [0.4, 0.5) is 18.9 Å². The third-order valence-electron chi connectivity index (χ3n) is 5.65. The summed E-state index contributed by atoms with van der Waals surface area (Å²) in [7, 11) is -2.08. The number of nitrogens with one attached hydrogen (secondary N) is 1. The summed E-state index contributed by atoms with van der Waals surface area (Å²) >= 11 is 0. The number of rotatable bonds is 7. The summed E-state index contributed by atoms with van der Waals surface area (Å²) in [6, 6.07) is 5.94. The van der Waals surface area contributed by atoms with Crippen molar-refractivity contribution >= 4 is 15.7 Å². The van der Waals surface area contributed by atoms with Crippen LogP contribution in [0.5, 0.6) is 5.75 Å². The average Bonchev–Trinajstić information content (AvgIpc) is 3.47. The van der Waals surface area contributed by atoms with Crippen molar-refractivity contribution in [1.29, 1.82) is 0 Å². The Morgan fingerprint density at radius 1 is 1.31 bits per heavy atom. The van der Waals surface area contributed by atoms with E-state index in [0.29, 0.717) is 12.3 Å². The highest BCUT2D eigenvalue weighted by Crippen LogP contribution is 2.33. The maximum atomic E-state index is 13.1. The minimum absolute atomic E-state index is 0.0192. The van der Waals surface area contributed by atoms with E-state index in [1.54, 1.807) is 23.7 Å². The molecule has 0 saturated carbocycles. The maximum Gasteiger partial charge on any atom is 0.422 e. The van der Waals surface area contributed by atoms with Gasteiger partial charge in [-0.1, -0.05) is 6.07 Å². The molecule has 12 heteroatoms. The molecular formula is C20H25F3N4O4S. The molecule has 3 atom stereocenters. The zero-order chi connectivity index (χ0) is 22.9. The highest BCUT2D eigenvalue weighted by Gasteiger charge is 2.44. The van der Waals surface area contributed by atoms with E-state index in [-0.39, 0.29) is 41.9 Å². The summed E-state index contributed by atoms with van der Waals surface area (Å²) in [4.78, 5) is 3.99. The van der Waals surface area contributed by atoms with Gasteiger partial charge in [-0.2, -0.15) is 17.5 Å². The van der Waals surface area contributed by atoms with Crippen molar-refractivity contribution < 1.29 is 31.1 Å². The van der Waals surface area contributed by atoms with Crippen LogP contribution in [0.1, 0.15) is 12.8 Å². The van der Waals surface area contributed by atoms with Crippen LogP contribution in [-0.4, -0.2) is 66.9 Å². The second-order valence-electron chi connectivity index (χ2n) is 8.10. The van der Waals surface area contributed by atoms with E-state index >= 15 is 0 Å². The van der Waals surface area contributed by atoms with Gasteiger partial charge < -0.3 is 19.4 Å². The Hall–Kier alpha value is -2.31. The van der Waals surface area contributed by atoms with Gasteiger partial charge in [-0.3, -0.25) is 0 Å². The zero-order valence-corrected chi connectivity index (χ0v) is 18.3. The molecule has 0 amide bonds. The van der Waals surface area contributed by atoms with Crippen molar-refractivity contribution in [1.82, 2.24) is 13.9 Å². The summed E-state index contributed by atoms with van der Waals surface area (Å²) in [5, 5.41) is 3.27. The molecule has 8 nitrogen and oxygen atoms in total. The van der Waals surface area contributed by atoms with E-state index in [4.69, 9.17) is 9.47 Å². The minimum atomic E-state index is -4.43. The molecule has 2 aromatic rings. The first-order chi connectivity index (χ1) is 15.1. The van der Waals surface area contributed by atoms with Gasteiger partial charge in [-0.05, 0) is 25.0 Å². The number of alkyl halides is 3. The molecule has 0 spiro atoms. The highest BCUT2D eigenvalue weighted by atomic mass is 32.2. The fraction of sp³-hybridized carbons (Fsp3) is 0.550. The largest absolute Gasteiger partial charge is 0.484 e. The number of aromatic nitrogens is 2. The molecule has 1 unspecified atom stereocenters. The molecule has 176 valence electrons. The van der Waals surface area contributed by atoms with Crippen molar-refractivity contribution in [2.45, 2.75) is 36.2 Å². The number of aryl methyl sites for hydroxylation is 1. The van der Waals surface area contributed by atoms with E-state index in [2.05, 4.69) is 10.3 Å². The standard InChI is InChI=1S/C20H25F3N4O4S/c1-26-11-19(24-13-26)32(28,29)27-9-16(18-6-3-7-30-18)17(10-27)25-14-4-2-5-15(8-14)31-12-20(21,22)23/h2,4-5,8,11,13,16-18,25H,3,6-7,9-10,12H2,1H3/t16-,17-,18?/m0/s1. The van der Waals surface area contributed by atoms with Crippen molar-refractivity contribution in [3.63, 3.8) is 0 Å². The molecule has 0 aliphatic carbocycles. The van der Waals surface area contributed by atoms with Crippen LogP contribution < -0.4 is 10.1 Å². The van der Waals surface area contributed by atoms with Crippen molar-refractivity contribution in [2.24, 2.45) is 13.0 Å². The lowest BCUT2D eigenvalue weighted by molar-refractivity contribution is -0.153. The summed E-state index contributed by atoms with van der Waals surface area (Å²) in [6.07, 6.45) is 0.0964. The second kappa shape index (κ2) is 8.91. The Morgan fingerprint density at radius 2 is 2.12 bits per heavy atom. The molecule has 1 N–H and O–H groups in total. The number of nitrogens with zero attached hydrogens (tertiary/aromatic N) is 3. The first-order valence-corrected chi connectivity index (χ1v) is 11.7. The molecule has 2 aliphatic heterocycles. The molecule has 2 aliphatic rings. The second-order valence-corrected chi connectivity index (χ2v) is 9.98. The fourth-order valence-corrected chi connectivity index (χ4v) is 5.64. The molecule has 1 aromatic heterocycles. The zero-order valence-electron chi connectivity index (χ0n) is 17.5. The first-order valence-electron chi connectivity index (χ1n) is 10.3. The normalized spacial score (nSPS) is 24.7. The van der Waals surface area contributed by atoms with Crippen molar-refractivity contribution in [3.8, 4) is 5.75 Å². The molecule has 1 aromatic carbocycles. The summed E-state index contributed by atoms with van der Waals surface area (Å²) in [5.74, 6) is -0.0345. The summed E-state index contributed by atoms with van der Waals surface area (Å²) < 4.78 is 77.2. The Bertz CT molecular complexity index is 1040. The smallest absolute Gasteiger partial charge is 0.422 e. The molecule has 2 saturated heterocycles. The number of anilines is 1. The van der Waals surface area contributed by atoms with Gasteiger partial charge in [0.25, 0.3) is 10.0 Å². The van der Waals surface area contributed by atoms with Crippen LogP contribution in [0, 0.1) is 5.92 Å². The number of sulfonamides is 1. The van der Waals surface area contributed by atoms with Gasteiger partial charge in [0.05, 0.1) is 12.4 Å². The monoisotopic (exact) mass is 474 g/mol. The molecule has 3 heterocycles. The minimum Gasteiger partial charge on any atom is -0.484 e. The van der Waals surface area contributed by atoms with Gasteiger partial charge in [0.2, 0.25) is 0 Å². The van der Waals surface area contributed by atoms with E-state index in [0.717, 1.165) is 12.8 Å². The van der Waals surface area contributed by atoms with Gasteiger partial charge in [0, 0.05) is 56.7 Å². The van der Waals surface area contributed by atoms with Crippen LogP contribution >= 0.6 is 0 Å². The van der Waals surface area contributed by atoms with Crippen molar-refractivity contribution in [2.75, 3.05) is 31.6 Å². The molecular weight excluding hydrogens is 449 g/mol. The number of benzene rings is 1. The number of hydrogen-bond donors (Lipinski definition) is 1. The Labute approximate surface area is 184 Å². The van der Waals surface area contributed by atoms with E-state index in [1.165, 1.54) is 29.0 Å². The topological polar surface area (TPSA) is 85.7 Å². The Balaban J connectivity index is 1.52. The first kappa shape index (κ1) is 22.9. The van der Waals surface area contributed by atoms with Crippen LogP contribution in [0.2, 0.25) is 0 Å². The number of hydrogen-bond acceptors (Lipinski definition) is 6. The maximum absolute atomic E-state index is 13.1. The quantitative estimate of drug-likeness (QED) is 0.664. The van der Waals surface area contributed by atoms with Gasteiger partial charge in [-0.15, -0.1) is 0 Å². The Kier molecular flexibility index (Phi) is 6.37. The molecule has 32 heavy (non-hydrogen) atoms. The summed E-state index contributed by atoms with van der Waals surface area (Å²) in [6.45, 7) is -0.293.